The summed E-state index contributed by atoms with van der Waals surface area (Å²) in [4.78, 5) is 12.2. The van der Waals surface area contributed by atoms with Crippen molar-refractivity contribution in [2.75, 3.05) is 26.1 Å². The van der Waals surface area contributed by atoms with Crippen LogP contribution in [0.5, 0.6) is 11.5 Å². The average Bonchev–Trinajstić information content (AvgIpc) is 3.42. The first-order valence-corrected chi connectivity index (χ1v) is 7.99. The lowest BCUT2D eigenvalue weighted by molar-refractivity contribution is 0.251. The van der Waals surface area contributed by atoms with Crippen molar-refractivity contribution in [3.8, 4) is 11.5 Å². The molecule has 0 radical (unpaired) electrons. The monoisotopic (exact) mass is 326 g/mol. The van der Waals surface area contributed by atoms with E-state index in [1.54, 1.807) is 32.4 Å². The van der Waals surface area contributed by atoms with Crippen LogP contribution in [0.25, 0.3) is 0 Å². The molecule has 0 aromatic heterocycles. The lowest BCUT2D eigenvalue weighted by atomic mass is 9.96. The molecule has 0 bridgehead atoms. The molecule has 126 valence electrons. The average molecular weight is 326 g/mol. The molecule has 0 heterocycles. The highest BCUT2D eigenvalue weighted by Gasteiger charge is 2.44. The molecule has 0 aliphatic heterocycles. The highest BCUT2D eigenvalue weighted by molar-refractivity contribution is 5.91. The Morgan fingerprint density at radius 3 is 2.46 bits per heavy atom. The fourth-order valence-corrected chi connectivity index (χ4v) is 2.83. The van der Waals surface area contributed by atoms with E-state index in [9.17, 15) is 4.79 Å². The van der Waals surface area contributed by atoms with Crippen molar-refractivity contribution in [3.05, 3.63) is 54.1 Å². The van der Waals surface area contributed by atoms with Crippen LogP contribution in [0.4, 0.5) is 10.5 Å². The Morgan fingerprint density at radius 2 is 1.83 bits per heavy atom. The summed E-state index contributed by atoms with van der Waals surface area (Å²) in [5.41, 5.74) is 1.98. The smallest absolute Gasteiger partial charge is 0.319 e. The van der Waals surface area contributed by atoms with E-state index in [1.807, 2.05) is 18.2 Å². The van der Waals surface area contributed by atoms with Gasteiger partial charge in [0.1, 0.15) is 11.5 Å². The van der Waals surface area contributed by atoms with E-state index in [1.165, 1.54) is 5.56 Å². The van der Waals surface area contributed by atoms with Gasteiger partial charge in [-0.25, -0.2) is 4.79 Å². The molecule has 0 atom stereocenters. The topological polar surface area (TPSA) is 59.6 Å². The zero-order chi connectivity index (χ0) is 17.0. The van der Waals surface area contributed by atoms with Crippen LogP contribution < -0.4 is 20.1 Å². The molecule has 2 N–H and O–H groups in total. The summed E-state index contributed by atoms with van der Waals surface area (Å²) in [5.74, 6) is 1.24. The molecule has 5 heteroatoms. The van der Waals surface area contributed by atoms with Gasteiger partial charge in [-0.05, 0) is 30.5 Å². The largest absolute Gasteiger partial charge is 0.497 e. The zero-order valence-electron chi connectivity index (χ0n) is 14.0. The van der Waals surface area contributed by atoms with Gasteiger partial charge >= 0.3 is 6.03 Å². The second-order valence-corrected chi connectivity index (χ2v) is 6.02. The van der Waals surface area contributed by atoms with Crippen molar-refractivity contribution in [1.82, 2.24) is 5.32 Å². The van der Waals surface area contributed by atoms with Crippen LogP contribution in [-0.4, -0.2) is 26.8 Å². The van der Waals surface area contributed by atoms with E-state index >= 15 is 0 Å². The van der Waals surface area contributed by atoms with Gasteiger partial charge in [-0.2, -0.15) is 0 Å². The first kappa shape index (κ1) is 16.2. The number of carbonyl (C=O) groups is 1. The van der Waals surface area contributed by atoms with E-state index in [0.717, 1.165) is 12.8 Å². The minimum Gasteiger partial charge on any atom is -0.497 e. The highest BCUT2D eigenvalue weighted by Crippen LogP contribution is 2.47. The maximum atomic E-state index is 12.2. The molecule has 0 saturated heterocycles. The third kappa shape index (κ3) is 3.45. The third-order valence-corrected chi connectivity index (χ3v) is 4.48. The van der Waals surface area contributed by atoms with Gasteiger partial charge in [0.15, 0.2) is 0 Å². The number of nitrogens with one attached hydrogen (secondary N) is 2. The Morgan fingerprint density at radius 1 is 1.08 bits per heavy atom. The van der Waals surface area contributed by atoms with Gasteiger partial charge in [-0.15, -0.1) is 0 Å². The quantitative estimate of drug-likeness (QED) is 0.853. The van der Waals surface area contributed by atoms with Gasteiger partial charge in [0.05, 0.1) is 19.9 Å². The van der Waals surface area contributed by atoms with Crippen LogP contribution in [0.3, 0.4) is 0 Å². The van der Waals surface area contributed by atoms with Crippen molar-refractivity contribution < 1.29 is 14.3 Å². The summed E-state index contributed by atoms with van der Waals surface area (Å²) < 4.78 is 10.5. The Balaban J connectivity index is 1.61. The number of anilines is 1. The summed E-state index contributed by atoms with van der Waals surface area (Å²) in [7, 11) is 3.15. The molecule has 0 spiro atoms. The highest BCUT2D eigenvalue weighted by atomic mass is 16.5. The predicted octanol–water partition coefficient (Wildman–Crippen LogP) is 3.56. The Bertz CT molecular complexity index is 712. The first-order chi connectivity index (χ1) is 11.7. The number of hydrogen-bond acceptors (Lipinski definition) is 3. The van der Waals surface area contributed by atoms with E-state index in [2.05, 4.69) is 22.8 Å². The van der Waals surface area contributed by atoms with Crippen molar-refractivity contribution in [3.63, 3.8) is 0 Å². The molecule has 1 aliphatic rings. The molecule has 5 nitrogen and oxygen atoms in total. The molecule has 3 rings (SSSR count). The number of rotatable bonds is 6. The zero-order valence-corrected chi connectivity index (χ0v) is 14.0. The normalized spacial score (nSPS) is 14.6. The number of methoxy groups -OCH3 is 2. The predicted molar refractivity (Wildman–Crippen MR) is 93.9 cm³/mol. The lowest BCUT2D eigenvalue weighted by Gasteiger charge is -2.17. The van der Waals surface area contributed by atoms with Gasteiger partial charge in [0.25, 0.3) is 0 Å². The van der Waals surface area contributed by atoms with Gasteiger partial charge in [-0.3, -0.25) is 0 Å². The maximum absolute atomic E-state index is 12.2. The maximum Gasteiger partial charge on any atom is 0.319 e. The van der Waals surface area contributed by atoms with Crippen molar-refractivity contribution >= 4 is 11.7 Å². The first-order valence-electron chi connectivity index (χ1n) is 7.99. The summed E-state index contributed by atoms with van der Waals surface area (Å²) in [6, 6.07) is 15.4. The fourth-order valence-electron chi connectivity index (χ4n) is 2.83. The standard InChI is InChI=1S/C19H22N2O3/c1-23-15-8-9-16(17(12-15)24-2)21-18(22)20-13-19(10-11-19)14-6-4-3-5-7-14/h3-9,12H,10-11,13H2,1-2H3,(H2,20,21,22). The number of amides is 2. The fraction of sp³-hybridized carbons (Fsp3) is 0.316. The van der Waals surface area contributed by atoms with Gasteiger partial charge in [-0.1, -0.05) is 30.3 Å². The summed E-state index contributed by atoms with van der Waals surface area (Å²) in [6.07, 6.45) is 2.20. The number of hydrogen-bond donors (Lipinski definition) is 2. The molecule has 1 aliphatic carbocycles. The van der Waals surface area contributed by atoms with E-state index in [0.29, 0.717) is 23.7 Å². The molecule has 1 saturated carbocycles. The number of urea groups is 1. The molecular formula is C19H22N2O3. The van der Waals surface area contributed by atoms with Crippen LogP contribution in [0, 0.1) is 0 Å². The molecule has 2 aromatic carbocycles. The van der Waals surface area contributed by atoms with E-state index in [4.69, 9.17) is 9.47 Å². The number of benzene rings is 2. The van der Waals surface area contributed by atoms with Gasteiger partial charge < -0.3 is 20.1 Å². The minimum absolute atomic E-state index is 0.0859. The minimum atomic E-state index is -0.235. The molecule has 1 fully saturated rings. The number of carbonyl (C=O) groups excluding carboxylic acids is 1. The van der Waals surface area contributed by atoms with E-state index in [-0.39, 0.29) is 11.4 Å². The van der Waals surface area contributed by atoms with Crippen LogP contribution in [-0.2, 0) is 5.41 Å². The van der Waals surface area contributed by atoms with Crippen LogP contribution in [0.2, 0.25) is 0 Å². The van der Waals surface area contributed by atoms with Gasteiger partial charge in [0.2, 0.25) is 0 Å². The molecular weight excluding hydrogens is 304 g/mol. The van der Waals surface area contributed by atoms with Crippen LogP contribution in [0.1, 0.15) is 18.4 Å². The molecule has 2 amide bonds. The van der Waals surface area contributed by atoms with E-state index < -0.39 is 0 Å². The van der Waals surface area contributed by atoms with Crippen molar-refractivity contribution in [2.24, 2.45) is 0 Å². The van der Waals surface area contributed by atoms with Crippen LogP contribution >= 0.6 is 0 Å². The van der Waals surface area contributed by atoms with Gasteiger partial charge in [0, 0.05) is 18.0 Å². The summed E-state index contributed by atoms with van der Waals surface area (Å²) in [5, 5.41) is 5.81. The Labute approximate surface area is 142 Å². The lowest BCUT2D eigenvalue weighted by Crippen LogP contribution is -2.35. The van der Waals surface area contributed by atoms with Crippen molar-refractivity contribution in [1.29, 1.82) is 0 Å². The third-order valence-electron chi connectivity index (χ3n) is 4.48. The van der Waals surface area contributed by atoms with Crippen molar-refractivity contribution in [2.45, 2.75) is 18.3 Å². The second-order valence-electron chi connectivity index (χ2n) is 6.02. The SMILES string of the molecule is COc1ccc(NC(=O)NCC2(c3ccccc3)CC2)c(OC)c1. The van der Waals surface area contributed by atoms with Crippen LogP contribution in [0.15, 0.2) is 48.5 Å². The number of ether oxygens (including phenoxy) is 2. The Hall–Kier alpha value is -2.69. The molecule has 24 heavy (non-hydrogen) atoms. The summed E-state index contributed by atoms with van der Waals surface area (Å²) >= 11 is 0. The Kier molecular flexibility index (Phi) is 4.60. The molecule has 2 aromatic rings. The summed E-state index contributed by atoms with van der Waals surface area (Å²) in [6.45, 7) is 0.626. The second kappa shape index (κ2) is 6.83. The molecule has 0 unspecified atom stereocenters.